The fourth-order valence-electron chi connectivity index (χ4n) is 3.40. The third-order valence-corrected chi connectivity index (χ3v) is 5.14. The predicted octanol–water partition coefficient (Wildman–Crippen LogP) is 3.84. The van der Waals surface area contributed by atoms with Gasteiger partial charge in [-0.1, -0.05) is 27.5 Å². The first-order chi connectivity index (χ1) is 11.0. The summed E-state index contributed by atoms with van der Waals surface area (Å²) in [6.45, 7) is 1.79. The van der Waals surface area contributed by atoms with E-state index in [4.69, 9.17) is 11.6 Å². The fourth-order valence-corrected chi connectivity index (χ4v) is 4.19. The lowest BCUT2D eigenvalue weighted by Gasteiger charge is -2.27. The maximum Gasteiger partial charge on any atom is 0.285 e. The van der Waals surface area contributed by atoms with Crippen molar-refractivity contribution in [2.45, 2.75) is 12.8 Å². The van der Waals surface area contributed by atoms with Crippen LogP contribution in [0.15, 0.2) is 22.7 Å². The normalized spacial score (nSPS) is 17.5. The van der Waals surface area contributed by atoms with E-state index in [1.807, 2.05) is 6.07 Å². The van der Waals surface area contributed by atoms with Gasteiger partial charge < -0.3 is 4.90 Å². The van der Waals surface area contributed by atoms with E-state index in [1.54, 1.807) is 12.1 Å². The summed E-state index contributed by atoms with van der Waals surface area (Å²) in [5.74, 6) is -1.46. The highest BCUT2D eigenvalue weighted by atomic mass is 79.9. The largest absolute Gasteiger partial charge is 0.370 e. The van der Waals surface area contributed by atoms with Crippen molar-refractivity contribution in [2.24, 2.45) is 0 Å². The molecule has 2 aromatic carbocycles. The van der Waals surface area contributed by atoms with Gasteiger partial charge >= 0.3 is 0 Å². The minimum Gasteiger partial charge on any atom is -0.370 e. The summed E-state index contributed by atoms with van der Waals surface area (Å²) in [5, 5.41) is 11.7. The van der Waals surface area contributed by atoms with Gasteiger partial charge in [0.2, 0.25) is 0 Å². The second-order valence-electron chi connectivity index (χ2n) is 5.75. The van der Waals surface area contributed by atoms with Crippen LogP contribution in [-0.4, -0.2) is 35.2 Å². The Labute approximate surface area is 145 Å². The quantitative estimate of drug-likeness (QED) is 0.589. The molecule has 7 heteroatoms. The number of carbonyl (C=O) groups is 2. The minimum absolute atomic E-state index is 0.148. The number of carbonyl (C=O) groups excluding carboxylic acids is 2. The number of hydroxylamine groups is 2. The molecular weight excluding hydrogens is 384 g/mol. The lowest BCUT2D eigenvalue weighted by Crippen LogP contribution is -2.37. The standard InChI is InChI=1S/C16H12BrClN2O3/c17-8-5-9-13-10(6-8)15(21)20(23)16(22)11(13)7-12(18)14(9)19-3-1-2-4-19/h5-7,23H,1-4H2. The summed E-state index contributed by atoms with van der Waals surface area (Å²) < 4.78 is 0.699. The first-order valence-corrected chi connectivity index (χ1v) is 8.44. The number of imide groups is 1. The van der Waals surface area contributed by atoms with Crippen molar-refractivity contribution in [2.75, 3.05) is 18.0 Å². The van der Waals surface area contributed by atoms with Crippen LogP contribution < -0.4 is 4.90 Å². The zero-order valence-corrected chi connectivity index (χ0v) is 14.3. The van der Waals surface area contributed by atoms with Crippen molar-refractivity contribution in [3.63, 3.8) is 0 Å². The van der Waals surface area contributed by atoms with E-state index >= 15 is 0 Å². The second kappa shape index (κ2) is 5.19. The Morgan fingerprint density at radius 2 is 1.65 bits per heavy atom. The van der Waals surface area contributed by atoms with Crippen LogP contribution in [0.4, 0.5) is 5.69 Å². The summed E-state index contributed by atoms with van der Waals surface area (Å²) >= 11 is 9.85. The molecule has 0 bridgehead atoms. The third kappa shape index (κ3) is 2.09. The molecule has 2 aliphatic heterocycles. The number of anilines is 1. The lowest BCUT2D eigenvalue weighted by atomic mass is 9.93. The van der Waals surface area contributed by atoms with Crippen LogP contribution in [0.25, 0.3) is 10.8 Å². The number of benzene rings is 2. The summed E-state index contributed by atoms with van der Waals surface area (Å²) in [5.41, 5.74) is 1.39. The summed E-state index contributed by atoms with van der Waals surface area (Å²) in [7, 11) is 0. The van der Waals surface area contributed by atoms with Crippen molar-refractivity contribution in [3.05, 3.63) is 38.8 Å². The van der Waals surface area contributed by atoms with E-state index in [-0.39, 0.29) is 10.6 Å². The van der Waals surface area contributed by atoms with E-state index in [1.165, 1.54) is 0 Å². The topological polar surface area (TPSA) is 60.9 Å². The predicted molar refractivity (Wildman–Crippen MR) is 90.4 cm³/mol. The molecule has 1 saturated heterocycles. The van der Waals surface area contributed by atoms with Gasteiger partial charge in [-0.25, -0.2) is 0 Å². The van der Waals surface area contributed by atoms with Gasteiger partial charge in [0.05, 0.1) is 21.8 Å². The molecule has 0 spiro atoms. The van der Waals surface area contributed by atoms with Crippen molar-refractivity contribution >= 4 is 55.8 Å². The molecule has 0 aromatic heterocycles. The average Bonchev–Trinajstić information content (AvgIpc) is 3.03. The third-order valence-electron chi connectivity index (χ3n) is 4.39. The van der Waals surface area contributed by atoms with Crippen LogP contribution >= 0.6 is 27.5 Å². The molecular formula is C16H12BrClN2O3. The second-order valence-corrected chi connectivity index (χ2v) is 7.07. The van der Waals surface area contributed by atoms with Gasteiger partial charge in [-0.15, -0.1) is 5.06 Å². The highest BCUT2D eigenvalue weighted by Gasteiger charge is 2.34. The molecule has 0 unspecified atom stereocenters. The summed E-state index contributed by atoms with van der Waals surface area (Å²) in [6, 6.07) is 5.04. The number of nitrogens with zero attached hydrogens (tertiary/aromatic N) is 2. The Balaban J connectivity index is 2.13. The van der Waals surface area contributed by atoms with Crippen molar-refractivity contribution in [3.8, 4) is 0 Å². The molecule has 118 valence electrons. The molecule has 0 aliphatic carbocycles. The Morgan fingerprint density at radius 1 is 1.04 bits per heavy atom. The minimum atomic E-state index is -0.746. The van der Waals surface area contributed by atoms with Gasteiger partial charge in [0.1, 0.15) is 0 Å². The van der Waals surface area contributed by atoms with Gasteiger partial charge in [-0.05, 0) is 31.0 Å². The van der Waals surface area contributed by atoms with Crippen molar-refractivity contribution in [1.82, 2.24) is 5.06 Å². The number of amides is 2. The molecule has 0 saturated carbocycles. The highest BCUT2D eigenvalue weighted by Crippen LogP contribution is 2.42. The van der Waals surface area contributed by atoms with E-state index < -0.39 is 11.8 Å². The number of hydrogen-bond acceptors (Lipinski definition) is 4. The molecule has 2 aliphatic rings. The molecule has 23 heavy (non-hydrogen) atoms. The van der Waals surface area contributed by atoms with Crippen LogP contribution in [0.2, 0.25) is 5.02 Å². The first kappa shape index (κ1) is 14.9. The van der Waals surface area contributed by atoms with Gasteiger partial charge in [-0.2, -0.15) is 0 Å². The Kier molecular flexibility index (Phi) is 3.37. The SMILES string of the molecule is O=C1c2cc(Br)cc3c(N4CCCC4)c(Cl)cc(c23)C(=O)N1O. The van der Waals surface area contributed by atoms with Gasteiger partial charge in [-0.3, -0.25) is 14.8 Å². The van der Waals surface area contributed by atoms with E-state index in [9.17, 15) is 14.8 Å². The van der Waals surface area contributed by atoms with Crippen LogP contribution in [-0.2, 0) is 0 Å². The zero-order valence-electron chi connectivity index (χ0n) is 12.0. The smallest absolute Gasteiger partial charge is 0.285 e. The van der Waals surface area contributed by atoms with E-state index in [0.717, 1.165) is 37.0 Å². The molecule has 0 radical (unpaired) electrons. The highest BCUT2D eigenvalue weighted by molar-refractivity contribution is 9.10. The van der Waals surface area contributed by atoms with Crippen LogP contribution in [0.1, 0.15) is 33.6 Å². The average molecular weight is 396 g/mol. The maximum atomic E-state index is 12.3. The summed E-state index contributed by atoms with van der Waals surface area (Å²) in [6.07, 6.45) is 2.17. The molecule has 1 N–H and O–H groups in total. The molecule has 2 amide bonds. The van der Waals surface area contributed by atoms with E-state index in [0.29, 0.717) is 20.4 Å². The monoisotopic (exact) mass is 394 g/mol. The fraction of sp³-hybridized carbons (Fsp3) is 0.250. The Bertz CT molecular complexity index is 855. The molecule has 2 heterocycles. The Hall–Kier alpha value is -1.63. The maximum absolute atomic E-state index is 12.3. The number of hydrogen-bond donors (Lipinski definition) is 1. The number of rotatable bonds is 1. The molecule has 5 nitrogen and oxygen atoms in total. The summed E-state index contributed by atoms with van der Waals surface area (Å²) in [4.78, 5) is 26.7. The van der Waals surface area contributed by atoms with Gasteiger partial charge in [0.15, 0.2) is 0 Å². The van der Waals surface area contributed by atoms with Gasteiger partial charge in [0.25, 0.3) is 11.8 Å². The Morgan fingerprint density at radius 3 is 2.30 bits per heavy atom. The molecule has 1 fully saturated rings. The van der Waals surface area contributed by atoms with Crippen molar-refractivity contribution in [1.29, 1.82) is 0 Å². The van der Waals surface area contributed by atoms with Crippen LogP contribution in [0, 0.1) is 0 Å². The number of halogens is 2. The first-order valence-electron chi connectivity index (χ1n) is 7.27. The van der Waals surface area contributed by atoms with Crippen LogP contribution in [0.3, 0.4) is 0 Å². The zero-order chi connectivity index (χ0) is 16.3. The molecule has 2 aromatic rings. The lowest BCUT2D eigenvalue weighted by molar-refractivity contribution is -0.0377. The molecule has 0 atom stereocenters. The van der Waals surface area contributed by atoms with Crippen LogP contribution in [0.5, 0.6) is 0 Å². The van der Waals surface area contributed by atoms with Crippen molar-refractivity contribution < 1.29 is 14.8 Å². The van der Waals surface area contributed by atoms with Gasteiger partial charge in [0, 0.05) is 28.3 Å². The van der Waals surface area contributed by atoms with E-state index in [2.05, 4.69) is 20.8 Å². The molecule has 4 rings (SSSR count).